The Bertz CT molecular complexity index is 466. The molecule has 0 saturated carbocycles. The second-order valence-electron chi connectivity index (χ2n) is 2.94. The molecule has 0 radical (unpaired) electrons. The summed E-state index contributed by atoms with van der Waals surface area (Å²) in [4.78, 5) is 14.5. The summed E-state index contributed by atoms with van der Waals surface area (Å²) in [5.74, 6) is -1.01. The molecule has 0 atom stereocenters. The van der Waals surface area contributed by atoms with Crippen LogP contribution >= 0.6 is 11.3 Å². The van der Waals surface area contributed by atoms with Crippen LogP contribution < -0.4 is 5.32 Å². The molecular weight excluding hydrogens is 230 g/mol. The fourth-order valence-corrected chi connectivity index (χ4v) is 1.80. The van der Waals surface area contributed by atoms with Gasteiger partial charge in [0, 0.05) is 18.1 Å². The van der Waals surface area contributed by atoms with Crippen LogP contribution in [-0.4, -0.2) is 37.6 Å². The molecule has 0 fully saturated rings. The molecule has 0 aromatic carbocycles. The zero-order valence-corrected chi connectivity index (χ0v) is 9.02. The van der Waals surface area contributed by atoms with E-state index in [1.165, 1.54) is 16.7 Å². The Morgan fingerprint density at radius 3 is 3.12 bits per heavy atom. The van der Waals surface area contributed by atoms with Gasteiger partial charge >= 0.3 is 5.97 Å². The molecule has 0 bridgehead atoms. The molecular formula is C8H9N5O2S. The Morgan fingerprint density at radius 2 is 2.50 bits per heavy atom. The smallest absolute Gasteiger partial charge is 0.355 e. The maximum atomic E-state index is 10.6. The maximum absolute atomic E-state index is 10.6. The second-order valence-corrected chi connectivity index (χ2v) is 3.79. The molecule has 2 aromatic rings. The molecule has 0 amide bonds. The van der Waals surface area contributed by atoms with E-state index in [9.17, 15) is 4.79 Å². The molecule has 8 heteroatoms. The molecule has 0 aliphatic carbocycles. The highest BCUT2D eigenvalue weighted by Gasteiger charge is 2.07. The van der Waals surface area contributed by atoms with Crippen molar-refractivity contribution >= 4 is 22.4 Å². The average Bonchev–Trinajstić information content (AvgIpc) is 2.87. The van der Waals surface area contributed by atoms with E-state index in [1.807, 2.05) is 0 Å². The first-order valence-electron chi connectivity index (χ1n) is 4.52. The lowest BCUT2D eigenvalue weighted by Gasteiger charge is -2.01. The SMILES string of the molecule is O=C(O)c1csc(NCCn2ccnn2)n1. The van der Waals surface area contributed by atoms with Gasteiger partial charge in [-0.2, -0.15) is 0 Å². The minimum Gasteiger partial charge on any atom is -0.476 e. The Balaban J connectivity index is 1.83. The first-order chi connectivity index (χ1) is 7.75. The Hall–Kier alpha value is -1.96. The van der Waals surface area contributed by atoms with Crippen LogP contribution in [0.3, 0.4) is 0 Å². The Kier molecular flexibility index (Phi) is 3.10. The van der Waals surface area contributed by atoms with Crippen molar-refractivity contribution in [2.24, 2.45) is 0 Å². The van der Waals surface area contributed by atoms with Gasteiger partial charge in [0.15, 0.2) is 10.8 Å². The number of nitrogens with zero attached hydrogens (tertiary/aromatic N) is 4. The van der Waals surface area contributed by atoms with Gasteiger partial charge in [-0.05, 0) is 0 Å². The van der Waals surface area contributed by atoms with E-state index in [0.717, 1.165) is 0 Å². The van der Waals surface area contributed by atoms with Crippen LogP contribution in [0.2, 0.25) is 0 Å². The summed E-state index contributed by atoms with van der Waals surface area (Å²) in [5, 5.41) is 21.2. The topological polar surface area (TPSA) is 92.9 Å². The molecule has 0 unspecified atom stereocenters. The number of aromatic carboxylic acids is 1. The highest BCUT2D eigenvalue weighted by molar-refractivity contribution is 7.13. The molecule has 16 heavy (non-hydrogen) atoms. The fraction of sp³-hybridized carbons (Fsp3) is 0.250. The summed E-state index contributed by atoms with van der Waals surface area (Å²) < 4.78 is 1.68. The first kappa shape index (κ1) is 10.6. The number of anilines is 1. The number of carboxylic acid groups (broad SMARTS) is 1. The number of aromatic nitrogens is 4. The van der Waals surface area contributed by atoms with Crippen molar-refractivity contribution < 1.29 is 9.90 Å². The van der Waals surface area contributed by atoms with Crippen molar-refractivity contribution in [3.05, 3.63) is 23.5 Å². The van der Waals surface area contributed by atoms with Crippen LogP contribution in [0.4, 0.5) is 5.13 Å². The van der Waals surface area contributed by atoms with Crippen molar-refractivity contribution in [2.45, 2.75) is 6.54 Å². The average molecular weight is 239 g/mol. The standard InChI is InChI=1S/C8H9N5O2S/c14-7(15)6-5-16-8(11-6)9-1-3-13-4-2-10-12-13/h2,4-5H,1,3H2,(H,9,11)(H,14,15). The number of thiazole rings is 1. The van der Waals surface area contributed by atoms with Gasteiger partial charge in [0.2, 0.25) is 0 Å². The Labute approximate surface area is 94.7 Å². The van der Waals surface area contributed by atoms with E-state index in [2.05, 4.69) is 20.6 Å². The number of nitrogens with one attached hydrogen (secondary N) is 1. The third-order valence-electron chi connectivity index (χ3n) is 1.81. The fourth-order valence-electron chi connectivity index (χ4n) is 1.08. The van der Waals surface area contributed by atoms with Crippen molar-refractivity contribution in [1.29, 1.82) is 0 Å². The summed E-state index contributed by atoms with van der Waals surface area (Å²) in [7, 11) is 0. The van der Waals surface area contributed by atoms with Crippen molar-refractivity contribution in [3.8, 4) is 0 Å². The van der Waals surface area contributed by atoms with Crippen LogP contribution in [-0.2, 0) is 6.54 Å². The third kappa shape index (κ3) is 2.54. The molecule has 2 aromatic heterocycles. The normalized spacial score (nSPS) is 10.2. The van der Waals surface area contributed by atoms with Crippen molar-refractivity contribution in [3.63, 3.8) is 0 Å². The van der Waals surface area contributed by atoms with Crippen LogP contribution in [0.5, 0.6) is 0 Å². The van der Waals surface area contributed by atoms with Gasteiger partial charge in [0.05, 0.1) is 12.7 Å². The molecule has 2 rings (SSSR count). The highest BCUT2D eigenvalue weighted by Crippen LogP contribution is 2.14. The van der Waals surface area contributed by atoms with Gasteiger partial charge in [0.1, 0.15) is 0 Å². The largest absolute Gasteiger partial charge is 0.476 e. The molecule has 2 heterocycles. The maximum Gasteiger partial charge on any atom is 0.355 e. The van der Waals surface area contributed by atoms with Gasteiger partial charge in [-0.3, -0.25) is 4.68 Å². The van der Waals surface area contributed by atoms with Crippen molar-refractivity contribution in [1.82, 2.24) is 20.0 Å². The van der Waals surface area contributed by atoms with Gasteiger partial charge < -0.3 is 10.4 Å². The zero-order valence-electron chi connectivity index (χ0n) is 8.20. The number of carbonyl (C=O) groups is 1. The third-order valence-corrected chi connectivity index (χ3v) is 2.61. The van der Waals surface area contributed by atoms with E-state index >= 15 is 0 Å². The van der Waals surface area contributed by atoms with Crippen LogP contribution in [0.1, 0.15) is 10.5 Å². The summed E-state index contributed by atoms with van der Waals surface area (Å²) >= 11 is 1.27. The molecule has 0 spiro atoms. The lowest BCUT2D eigenvalue weighted by atomic mass is 10.5. The first-order valence-corrected chi connectivity index (χ1v) is 5.40. The lowest BCUT2D eigenvalue weighted by molar-refractivity contribution is 0.0691. The van der Waals surface area contributed by atoms with Gasteiger partial charge in [-0.25, -0.2) is 9.78 Å². The predicted molar refractivity (Wildman–Crippen MR) is 57.6 cm³/mol. The minimum atomic E-state index is -1.01. The molecule has 84 valence electrons. The summed E-state index contributed by atoms with van der Waals surface area (Å²) in [6, 6.07) is 0. The zero-order chi connectivity index (χ0) is 11.4. The quantitative estimate of drug-likeness (QED) is 0.791. The molecule has 0 saturated heterocycles. The van der Waals surface area contributed by atoms with Crippen LogP contribution in [0.15, 0.2) is 17.8 Å². The summed E-state index contributed by atoms with van der Waals surface area (Å²) in [5.41, 5.74) is 0.0632. The van der Waals surface area contributed by atoms with Gasteiger partial charge in [-0.1, -0.05) is 5.21 Å². The van der Waals surface area contributed by atoms with Crippen molar-refractivity contribution in [2.75, 3.05) is 11.9 Å². The van der Waals surface area contributed by atoms with Crippen LogP contribution in [0.25, 0.3) is 0 Å². The highest BCUT2D eigenvalue weighted by atomic mass is 32.1. The summed E-state index contributed by atoms with van der Waals surface area (Å²) in [6.45, 7) is 1.28. The monoisotopic (exact) mass is 239 g/mol. The summed E-state index contributed by atoms with van der Waals surface area (Å²) in [6.07, 6.45) is 3.36. The molecule has 0 aliphatic rings. The van der Waals surface area contributed by atoms with E-state index in [0.29, 0.717) is 18.2 Å². The number of hydrogen-bond donors (Lipinski definition) is 2. The van der Waals surface area contributed by atoms with E-state index in [1.54, 1.807) is 17.1 Å². The lowest BCUT2D eigenvalue weighted by Crippen LogP contribution is -2.11. The van der Waals surface area contributed by atoms with E-state index in [4.69, 9.17) is 5.11 Å². The van der Waals surface area contributed by atoms with Gasteiger partial charge in [-0.15, -0.1) is 16.4 Å². The van der Waals surface area contributed by atoms with Crippen LogP contribution in [0, 0.1) is 0 Å². The Morgan fingerprint density at radius 1 is 1.62 bits per heavy atom. The van der Waals surface area contributed by atoms with Gasteiger partial charge in [0.25, 0.3) is 0 Å². The predicted octanol–water partition coefficient (Wildman–Crippen LogP) is 0.545. The number of hydrogen-bond acceptors (Lipinski definition) is 6. The molecule has 7 nitrogen and oxygen atoms in total. The second kappa shape index (κ2) is 4.71. The van der Waals surface area contributed by atoms with E-state index < -0.39 is 5.97 Å². The van der Waals surface area contributed by atoms with E-state index in [-0.39, 0.29) is 5.69 Å². The number of rotatable bonds is 5. The molecule has 0 aliphatic heterocycles. The minimum absolute atomic E-state index is 0.0632. The molecule has 2 N–H and O–H groups in total. The number of carboxylic acids is 1.